The smallest absolute Gasteiger partial charge is 0.302 e. The first-order valence-corrected chi connectivity index (χ1v) is 9.56. The lowest BCUT2D eigenvalue weighted by atomic mass is 10.4. The Bertz CT molecular complexity index is 618. The molecule has 0 saturated carbocycles. The predicted octanol–water partition coefficient (Wildman–Crippen LogP) is 3.01. The summed E-state index contributed by atoms with van der Waals surface area (Å²) in [5.74, 6) is 0. The van der Waals surface area contributed by atoms with Crippen LogP contribution in [0.25, 0.3) is 0 Å². The summed E-state index contributed by atoms with van der Waals surface area (Å²) in [4.78, 5) is 2.19. The van der Waals surface area contributed by atoms with E-state index in [1.54, 1.807) is 0 Å². The van der Waals surface area contributed by atoms with Gasteiger partial charge in [0.15, 0.2) is 0 Å². The van der Waals surface area contributed by atoms with Crippen molar-refractivity contribution in [2.24, 2.45) is 0 Å². The van der Waals surface area contributed by atoms with Crippen molar-refractivity contribution in [1.82, 2.24) is 9.21 Å². The maximum absolute atomic E-state index is 12.6. The standard InChI is InChI=1S/C14H19F3N2O2S2/c1-2-18-8-3-9-19(11-10-18)23(20,21)13-6-4-12(5-7-13)22-14(15,16)17/h4-7H,2-3,8-11H2,1H3. The highest BCUT2D eigenvalue weighted by atomic mass is 32.2. The third-order valence-electron chi connectivity index (χ3n) is 3.69. The zero-order chi connectivity index (χ0) is 17.1. The zero-order valence-electron chi connectivity index (χ0n) is 12.7. The van der Waals surface area contributed by atoms with Crippen LogP contribution < -0.4 is 0 Å². The number of nitrogens with zero attached hydrogens (tertiary/aromatic N) is 2. The predicted molar refractivity (Wildman–Crippen MR) is 83.8 cm³/mol. The number of halogens is 3. The van der Waals surface area contributed by atoms with Crippen LogP contribution in [0.15, 0.2) is 34.1 Å². The number of hydrogen-bond donors (Lipinski definition) is 0. The van der Waals surface area contributed by atoms with E-state index in [9.17, 15) is 21.6 Å². The minimum Gasteiger partial charge on any atom is -0.302 e. The molecule has 0 aliphatic carbocycles. The number of rotatable bonds is 4. The summed E-state index contributed by atoms with van der Waals surface area (Å²) in [6.45, 7) is 5.24. The first-order valence-electron chi connectivity index (χ1n) is 7.30. The van der Waals surface area contributed by atoms with E-state index >= 15 is 0 Å². The van der Waals surface area contributed by atoms with Crippen LogP contribution in [0, 0.1) is 0 Å². The van der Waals surface area contributed by atoms with Gasteiger partial charge >= 0.3 is 5.51 Å². The lowest BCUT2D eigenvalue weighted by Gasteiger charge is -2.21. The molecule has 1 fully saturated rings. The summed E-state index contributed by atoms with van der Waals surface area (Å²) < 4.78 is 63.6. The molecule has 0 unspecified atom stereocenters. The molecule has 130 valence electrons. The molecule has 0 N–H and O–H groups in total. The second-order valence-electron chi connectivity index (χ2n) is 5.21. The molecule has 1 aliphatic heterocycles. The molecule has 0 spiro atoms. The number of benzene rings is 1. The van der Waals surface area contributed by atoms with E-state index < -0.39 is 15.5 Å². The van der Waals surface area contributed by atoms with Crippen LogP contribution in [0.1, 0.15) is 13.3 Å². The highest BCUT2D eigenvalue weighted by molar-refractivity contribution is 8.00. The Hall–Kier alpha value is -0.770. The summed E-state index contributed by atoms with van der Waals surface area (Å²) in [7, 11) is -3.66. The van der Waals surface area contributed by atoms with Crippen LogP contribution in [0.4, 0.5) is 13.2 Å². The van der Waals surface area contributed by atoms with Crippen molar-refractivity contribution >= 4 is 21.8 Å². The second-order valence-corrected chi connectivity index (χ2v) is 8.29. The number of hydrogen-bond acceptors (Lipinski definition) is 4. The highest BCUT2D eigenvalue weighted by Gasteiger charge is 2.30. The number of likely N-dealkylation sites (N-methyl/N-ethyl adjacent to an activating group) is 1. The lowest BCUT2D eigenvalue weighted by Crippen LogP contribution is -2.35. The molecule has 1 aromatic carbocycles. The Morgan fingerprint density at radius 3 is 2.30 bits per heavy atom. The topological polar surface area (TPSA) is 40.6 Å². The van der Waals surface area contributed by atoms with Crippen LogP contribution in [-0.2, 0) is 10.0 Å². The maximum atomic E-state index is 12.6. The Morgan fingerprint density at radius 1 is 1.09 bits per heavy atom. The van der Waals surface area contributed by atoms with Crippen molar-refractivity contribution in [3.63, 3.8) is 0 Å². The first-order chi connectivity index (χ1) is 10.7. The van der Waals surface area contributed by atoms with Gasteiger partial charge in [0.1, 0.15) is 0 Å². The van der Waals surface area contributed by atoms with E-state index in [1.807, 2.05) is 6.92 Å². The van der Waals surface area contributed by atoms with Crippen LogP contribution in [0.2, 0.25) is 0 Å². The molecule has 4 nitrogen and oxygen atoms in total. The van der Waals surface area contributed by atoms with E-state index in [1.165, 1.54) is 28.6 Å². The molecule has 0 bridgehead atoms. The van der Waals surface area contributed by atoms with Gasteiger partial charge in [-0.3, -0.25) is 0 Å². The molecule has 1 heterocycles. The minimum absolute atomic E-state index is 0.0236. The van der Waals surface area contributed by atoms with Gasteiger partial charge < -0.3 is 4.90 Å². The molecule has 0 amide bonds. The molecule has 1 aromatic rings. The highest BCUT2D eigenvalue weighted by Crippen LogP contribution is 2.37. The fourth-order valence-electron chi connectivity index (χ4n) is 2.47. The van der Waals surface area contributed by atoms with Gasteiger partial charge in [-0.15, -0.1) is 0 Å². The fraction of sp³-hybridized carbons (Fsp3) is 0.571. The van der Waals surface area contributed by atoms with Crippen LogP contribution in [0.3, 0.4) is 0 Å². The first kappa shape index (κ1) is 18.6. The molecular weight excluding hydrogens is 349 g/mol. The quantitative estimate of drug-likeness (QED) is 0.766. The summed E-state index contributed by atoms with van der Waals surface area (Å²) in [6, 6.07) is 4.88. The Labute approximate surface area is 138 Å². The van der Waals surface area contributed by atoms with E-state index in [0.717, 1.165) is 19.5 Å². The SMILES string of the molecule is CCN1CCCN(S(=O)(=O)c2ccc(SC(F)(F)F)cc2)CC1. The fourth-order valence-corrected chi connectivity index (χ4v) is 4.48. The van der Waals surface area contributed by atoms with E-state index in [4.69, 9.17) is 0 Å². The number of sulfonamides is 1. The normalized spacial score (nSPS) is 18.8. The van der Waals surface area contributed by atoms with Crippen molar-refractivity contribution in [3.05, 3.63) is 24.3 Å². The van der Waals surface area contributed by atoms with Gasteiger partial charge in [-0.25, -0.2) is 8.42 Å². The summed E-state index contributed by atoms with van der Waals surface area (Å²) >= 11 is -0.253. The van der Waals surface area contributed by atoms with Gasteiger partial charge in [0.2, 0.25) is 10.0 Å². The van der Waals surface area contributed by atoms with Crippen molar-refractivity contribution in [2.45, 2.75) is 28.6 Å². The van der Waals surface area contributed by atoms with Gasteiger partial charge in [-0.05, 0) is 55.5 Å². The van der Waals surface area contributed by atoms with E-state index in [2.05, 4.69) is 4.90 Å². The Morgan fingerprint density at radius 2 is 1.74 bits per heavy atom. The van der Waals surface area contributed by atoms with Crippen LogP contribution in [-0.4, -0.2) is 55.9 Å². The molecule has 9 heteroatoms. The molecule has 2 rings (SSSR count). The number of thioether (sulfide) groups is 1. The Balaban J connectivity index is 2.13. The summed E-state index contributed by atoms with van der Waals surface area (Å²) in [6.07, 6.45) is 0.745. The zero-order valence-corrected chi connectivity index (χ0v) is 14.3. The van der Waals surface area contributed by atoms with Crippen molar-refractivity contribution in [2.75, 3.05) is 32.7 Å². The third kappa shape index (κ3) is 5.10. The molecule has 0 radical (unpaired) electrons. The average Bonchev–Trinajstić information content (AvgIpc) is 2.72. The monoisotopic (exact) mass is 368 g/mol. The van der Waals surface area contributed by atoms with Crippen molar-refractivity contribution in [3.8, 4) is 0 Å². The van der Waals surface area contributed by atoms with E-state index in [-0.39, 0.29) is 21.6 Å². The van der Waals surface area contributed by atoms with Gasteiger partial charge in [0.05, 0.1) is 4.90 Å². The Kier molecular flexibility index (Phi) is 5.99. The van der Waals surface area contributed by atoms with Gasteiger partial charge in [-0.1, -0.05) is 6.92 Å². The average molecular weight is 368 g/mol. The molecule has 1 aliphatic rings. The largest absolute Gasteiger partial charge is 0.446 e. The van der Waals surface area contributed by atoms with Crippen LogP contribution in [0.5, 0.6) is 0 Å². The molecular formula is C14H19F3N2O2S2. The molecule has 0 atom stereocenters. The lowest BCUT2D eigenvalue weighted by molar-refractivity contribution is -0.0328. The second kappa shape index (κ2) is 7.42. The van der Waals surface area contributed by atoms with Crippen LogP contribution >= 0.6 is 11.8 Å². The summed E-state index contributed by atoms with van der Waals surface area (Å²) in [5.41, 5.74) is -4.38. The maximum Gasteiger partial charge on any atom is 0.446 e. The van der Waals surface area contributed by atoms with Gasteiger partial charge in [0, 0.05) is 24.5 Å². The molecule has 0 aromatic heterocycles. The van der Waals surface area contributed by atoms with Gasteiger partial charge in [0.25, 0.3) is 0 Å². The molecule has 1 saturated heterocycles. The third-order valence-corrected chi connectivity index (χ3v) is 6.34. The molecule has 23 heavy (non-hydrogen) atoms. The summed E-state index contributed by atoms with van der Waals surface area (Å²) in [5, 5.41) is 0. The van der Waals surface area contributed by atoms with Crippen molar-refractivity contribution in [1.29, 1.82) is 0 Å². The minimum atomic E-state index is -4.38. The number of alkyl halides is 3. The van der Waals surface area contributed by atoms with Crippen molar-refractivity contribution < 1.29 is 21.6 Å². The van der Waals surface area contributed by atoms with E-state index in [0.29, 0.717) is 19.6 Å². The van der Waals surface area contributed by atoms with Gasteiger partial charge in [-0.2, -0.15) is 17.5 Å².